The molecule has 200 valence electrons. The summed E-state index contributed by atoms with van der Waals surface area (Å²) in [6.45, 7) is 6.04. The summed E-state index contributed by atoms with van der Waals surface area (Å²) in [5.74, 6) is -0.508. The molecule has 1 saturated heterocycles. The number of amides is 1. The van der Waals surface area contributed by atoms with Crippen LogP contribution in [0.2, 0.25) is 0 Å². The number of rotatable bonds is 6. The Kier molecular flexibility index (Phi) is 7.80. The lowest BCUT2D eigenvalue weighted by Gasteiger charge is -2.40. The lowest BCUT2D eigenvalue weighted by atomic mass is 9.85. The molecule has 3 atom stereocenters. The molecule has 0 aliphatic carbocycles. The van der Waals surface area contributed by atoms with Gasteiger partial charge in [0.05, 0.1) is 5.56 Å². The van der Waals surface area contributed by atoms with Crippen LogP contribution in [0.4, 0.5) is 13.2 Å². The predicted octanol–water partition coefficient (Wildman–Crippen LogP) is 5.43. The van der Waals surface area contributed by atoms with Crippen LogP contribution in [0.1, 0.15) is 53.1 Å². The standard InChI is InChI=1S/C27H33F3N4O2S/c1-15-12-22(37-5)20(25(35)32-15)14-31-26(36)24-17(3)34(21-9-7-6-8-19(21)24)16(2)18-10-11-33(4)23(13-18)27(28,29)30/h6-9,12,16,18,23H,10-11,13-14H2,1-5H3,(H,31,36)(H,32,35)/t16?,18-,23-/m0/s1. The molecule has 1 amide bonds. The molecule has 10 heteroatoms. The third-order valence-corrected chi connectivity index (χ3v) is 8.44. The van der Waals surface area contributed by atoms with E-state index in [4.69, 9.17) is 0 Å². The number of fused-ring (bicyclic) bond motifs is 1. The highest BCUT2D eigenvalue weighted by molar-refractivity contribution is 7.98. The van der Waals surface area contributed by atoms with E-state index in [2.05, 4.69) is 10.3 Å². The SMILES string of the molecule is CSc1cc(C)[nH]c(=O)c1CNC(=O)c1c(C)n(C(C)[C@H]2CCN(C)[C@H](C(F)(F)F)C2)c2ccccc12. The van der Waals surface area contributed by atoms with Crippen molar-refractivity contribution < 1.29 is 18.0 Å². The van der Waals surface area contributed by atoms with Gasteiger partial charge in [0.15, 0.2) is 0 Å². The van der Waals surface area contributed by atoms with E-state index in [1.54, 1.807) is 0 Å². The largest absolute Gasteiger partial charge is 0.404 e. The number of hydrogen-bond acceptors (Lipinski definition) is 4. The van der Waals surface area contributed by atoms with Gasteiger partial charge >= 0.3 is 6.18 Å². The average molecular weight is 535 g/mol. The van der Waals surface area contributed by atoms with Gasteiger partial charge in [-0.25, -0.2) is 0 Å². The smallest absolute Gasteiger partial charge is 0.348 e. The van der Waals surface area contributed by atoms with Crippen LogP contribution in [-0.2, 0) is 6.54 Å². The van der Waals surface area contributed by atoms with Crippen LogP contribution in [-0.4, -0.2) is 52.4 Å². The third kappa shape index (κ3) is 5.31. The Morgan fingerprint density at radius 3 is 2.65 bits per heavy atom. The minimum atomic E-state index is -4.28. The van der Waals surface area contributed by atoms with Crippen LogP contribution in [0.5, 0.6) is 0 Å². The molecule has 37 heavy (non-hydrogen) atoms. The lowest BCUT2D eigenvalue weighted by Crippen LogP contribution is -2.49. The number of carbonyl (C=O) groups excluding carboxylic acids is 1. The van der Waals surface area contributed by atoms with E-state index in [9.17, 15) is 22.8 Å². The molecule has 4 rings (SSSR count). The summed E-state index contributed by atoms with van der Waals surface area (Å²) in [7, 11) is 1.53. The van der Waals surface area contributed by atoms with Crippen molar-refractivity contribution >= 4 is 28.6 Å². The summed E-state index contributed by atoms with van der Waals surface area (Å²) >= 11 is 1.44. The molecule has 2 N–H and O–H groups in total. The number of nitrogens with zero attached hydrogens (tertiary/aromatic N) is 2. The highest BCUT2D eigenvalue weighted by Gasteiger charge is 2.46. The Morgan fingerprint density at radius 1 is 1.27 bits per heavy atom. The molecule has 1 fully saturated rings. The molecule has 0 radical (unpaired) electrons. The quantitative estimate of drug-likeness (QED) is 0.414. The van der Waals surface area contributed by atoms with Crippen molar-refractivity contribution in [3.8, 4) is 0 Å². The van der Waals surface area contributed by atoms with Gasteiger partial charge in [-0.2, -0.15) is 13.2 Å². The number of aromatic nitrogens is 2. The molecule has 3 aromatic rings. The van der Waals surface area contributed by atoms with E-state index in [-0.39, 0.29) is 36.4 Å². The first-order chi connectivity index (χ1) is 17.4. The number of para-hydroxylation sites is 1. The topological polar surface area (TPSA) is 70.1 Å². The van der Waals surface area contributed by atoms with Gasteiger partial charge in [-0.1, -0.05) is 18.2 Å². The summed E-state index contributed by atoms with van der Waals surface area (Å²) in [5.41, 5.74) is 3.01. The number of halogens is 3. The number of thioether (sulfide) groups is 1. The zero-order valence-electron chi connectivity index (χ0n) is 21.7. The number of nitrogens with one attached hydrogen (secondary N) is 2. The summed E-state index contributed by atoms with van der Waals surface area (Å²) in [6.07, 6.45) is -1.74. The monoisotopic (exact) mass is 534 g/mol. The van der Waals surface area contributed by atoms with Crippen LogP contribution in [0.3, 0.4) is 0 Å². The fourth-order valence-electron chi connectivity index (χ4n) is 5.64. The minimum Gasteiger partial charge on any atom is -0.348 e. The first-order valence-corrected chi connectivity index (χ1v) is 13.6. The lowest BCUT2D eigenvalue weighted by molar-refractivity contribution is -0.192. The van der Waals surface area contributed by atoms with Crippen molar-refractivity contribution in [1.82, 2.24) is 19.8 Å². The van der Waals surface area contributed by atoms with E-state index in [0.29, 0.717) is 29.8 Å². The number of aromatic amines is 1. The van der Waals surface area contributed by atoms with Gasteiger partial charge in [-0.05, 0) is 71.5 Å². The Morgan fingerprint density at radius 2 is 1.97 bits per heavy atom. The second-order valence-corrected chi connectivity index (χ2v) is 10.8. The van der Waals surface area contributed by atoms with E-state index < -0.39 is 12.2 Å². The van der Waals surface area contributed by atoms with Gasteiger partial charge in [0.1, 0.15) is 6.04 Å². The van der Waals surface area contributed by atoms with Gasteiger partial charge in [-0.15, -0.1) is 11.8 Å². The molecule has 0 bridgehead atoms. The minimum absolute atomic E-state index is 0.0162. The Labute approximate surface area is 218 Å². The Balaban J connectivity index is 1.66. The number of likely N-dealkylation sites (tertiary alicyclic amines) is 1. The van der Waals surface area contributed by atoms with Crippen LogP contribution in [0.25, 0.3) is 10.9 Å². The normalized spacial score (nSPS) is 19.8. The number of piperidine rings is 1. The number of alkyl halides is 3. The molecular formula is C27H33F3N4O2S. The highest BCUT2D eigenvalue weighted by atomic mass is 32.2. The molecule has 3 heterocycles. The number of carbonyl (C=O) groups is 1. The number of hydrogen-bond donors (Lipinski definition) is 2. The van der Waals surface area contributed by atoms with Crippen molar-refractivity contribution in [3.63, 3.8) is 0 Å². The molecular weight excluding hydrogens is 501 g/mol. The number of aryl methyl sites for hydroxylation is 1. The van der Waals surface area contributed by atoms with Crippen LogP contribution >= 0.6 is 11.8 Å². The maximum Gasteiger partial charge on any atom is 0.404 e. The third-order valence-electron chi connectivity index (χ3n) is 7.64. The molecule has 1 aromatic carbocycles. The van der Waals surface area contributed by atoms with Gasteiger partial charge in [-0.3, -0.25) is 14.5 Å². The van der Waals surface area contributed by atoms with Crippen molar-refractivity contribution in [3.05, 3.63) is 63.2 Å². The van der Waals surface area contributed by atoms with Crippen molar-refractivity contribution in [2.24, 2.45) is 5.92 Å². The summed E-state index contributed by atoms with van der Waals surface area (Å²) < 4.78 is 43.0. The fraction of sp³-hybridized carbons (Fsp3) is 0.481. The van der Waals surface area contributed by atoms with Crippen molar-refractivity contribution in [2.75, 3.05) is 19.8 Å². The summed E-state index contributed by atoms with van der Waals surface area (Å²) in [6, 6.07) is 7.66. The van der Waals surface area contributed by atoms with Gasteiger partial charge in [0, 0.05) is 45.3 Å². The van der Waals surface area contributed by atoms with Crippen molar-refractivity contribution in [2.45, 2.75) is 63.3 Å². The molecule has 6 nitrogen and oxygen atoms in total. The maximum atomic E-state index is 13.7. The van der Waals surface area contributed by atoms with Gasteiger partial charge in [0.25, 0.3) is 11.5 Å². The Bertz CT molecular complexity index is 1360. The molecule has 0 spiro atoms. The fourth-order valence-corrected chi connectivity index (χ4v) is 6.34. The number of pyridine rings is 1. The Hall–Kier alpha value is -2.72. The number of H-pyrrole nitrogens is 1. The van der Waals surface area contributed by atoms with E-state index >= 15 is 0 Å². The summed E-state index contributed by atoms with van der Waals surface area (Å²) in [4.78, 5) is 31.0. The first kappa shape index (κ1) is 27.3. The van der Waals surface area contributed by atoms with E-state index in [1.807, 2.05) is 61.9 Å². The first-order valence-electron chi connectivity index (χ1n) is 12.4. The maximum absolute atomic E-state index is 13.7. The van der Waals surface area contributed by atoms with Gasteiger partial charge in [0.2, 0.25) is 0 Å². The van der Waals surface area contributed by atoms with Crippen LogP contribution in [0.15, 0.2) is 40.0 Å². The highest BCUT2D eigenvalue weighted by Crippen LogP contribution is 2.40. The second kappa shape index (κ2) is 10.6. The van der Waals surface area contributed by atoms with Crippen LogP contribution in [0, 0.1) is 19.8 Å². The van der Waals surface area contributed by atoms with E-state index in [1.165, 1.54) is 23.7 Å². The molecule has 1 unspecified atom stereocenters. The zero-order valence-corrected chi connectivity index (χ0v) is 22.5. The van der Waals surface area contributed by atoms with Gasteiger partial charge < -0.3 is 14.9 Å². The molecule has 0 saturated carbocycles. The number of benzene rings is 1. The molecule has 2 aromatic heterocycles. The van der Waals surface area contributed by atoms with E-state index in [0.717, 1.165) is 21.5 Å². The van der Waals surface area contributed by atoms with Crippen LogP contribution < -0.4 is 10.9 Å². The average Bonchev–Trinajstić information content (AvgIpc) is 3.13. The molecule has 1 aliphatic heterocycles. The zero-order chi connectivity index (χ0) is 27.1. The van der Waals surface area contributed by atoms with Crippen molar-refractivity contribution in [1.29, 1.82) is 0 Å². The summed E-state index contributed by atoms with van der Waals surface area (Å²) in [5, 5.41) is 3.65. The predicted molar refractivity (Wildman–Crippen MR) is 141 cm³/mol. The molecule has 1 aliphatic rings. The second-order valence-electron chi connectivity index (χ2n) is 9.92.